The van der Waals surface area contributed by atoms with Gasteiger partial charge in [0, 0.05) is 61.5 Å². The number of morpholine rings is 1. The van der Waals surface area contributed by atoms with Crippen LogP contribution >= 0.6 is 0 Å². The first-order valence-electron chi connectivity index (χ1n) is 10.3. The molecule has 0 spiro atoms. The van der Waals surface area contributed by atoms with Crippen molar-refractivity contribution < 1.29 is 19.1 Å². The number of fused-ring (bicyclic) bond motifs is 1. The molecular weight excluding hydrogens is 372 g/mol. The smallest absolute Gasteiger partial charge is 0.249 e. The van der Waals surface area contributed by atoms with Gasteiger partial charge in [-0.05, 0) is 18.9 Å². The van der Waals surface area contributed by atoms with Crippen molar-refractivity contribution in [2.75, 3.05) is 44.8 Å². The molecule has 0 radical (unpaired) electrons. The van der Waals surface area contributed by atoms with Gasteiger partial charge >= 0.3 is 0 Å². The van der Waals surface area contributed by atoms with Gasteiger partial charge in [-0.15, -0.1) is 0 Å². The molecule has 2 amide bonds. The van der Waals surface area contributed by atoms with Crippen LogP contribution in [0.15, 0.2) is 30.6 Å². The minimum absolute atomic E-state index is 0.150. The molecule has 8 nitrogen and oxygen atoms in total. The molecular formula is C21H28N4O4. The number of hydrogen-bond acceptors (Lipinski definition) is 6. The Balaban J connectivity index is 1.29. The summed E-state index contributed by atoms with van der Waals surface area (Å²) in [4.78, 5) is 23.5. The molecule has 2 aliphatic rings. The minimum atomic E-state index is -0.335. The molecule has 0 saturated carbocycles. The number of piperidine rings is 1. The average molecular weight is 400 g/mol. The Morgan fingerprint density at radius 2 is 2.21 bits per heavy atom. The summed E-state index contributed by atoms with van der Waals surface area (Å²) in [6.07, 6.45) is 5.91. The number of rotatable bonds is 8. The number of benzene rings is 1. The molecule has 2 aromatic rings. The van der Waals surface area contributed by atoms with Gasteiger partial charge in [0.15, 0.2) is 0 Å². The number of nitrogens with one attached hydrogen (secondary N) is 3. The molecule has 156 valence electrons. The summed E-state index contributed by atoms with van der Waals surface area (Å²) < 4.78 is 13.3. The molecule has 3 heterocycles. The average Bonchev–Trinajstić information content (AvgIpc) is 3.16. The van der Waals surface area contributed by atoms with E-state index in [4.69, 9.17) is 9.47 Å². The molecule has 2 aliphatic heterocycles. The topological polar surface area (TPSA) is 93.6 Å². The van der Waals surface area contributed by atoms with Crippen molar-refractivity contribution in [3.05, 3.63) is 30.6 Å². The van der Waals surface area contributed by atoms with Gasteiger partial charge in [0.2, 0.25) is 11.8 Å². The van der Waals surface area contributed by atoms with Crippen LogP contribution in [0, 0.1) is 0 Å². The quantitative estimate of drug-likeness (QED) is 0.459. The van der Waals surface area contributed by atoms with Crippen LogP contribution in [0.3, 0.4) is 0 Å². The van der Waals surface area contributed by atoms with Crippen LogP contribution in [0.1, 0.15) is 25.3 Å². The molecule has 2 fully saturated rings. The van der Waals surface area contributed by atoms with Crippen LogP contribution < -0.4 is 16.0 Å². The van der Waals surface area contributed by atoms with Crippen molar-refractivity contribution in [1.82, 2.24) is 15.2 Å². The normalized spacial score (nSPS) is 22.6. The van der Waals surface area contributed by atoms with Crippen molar-refractivity contribution in [3.8, 4) is 0 Å². The first kappa shape index (κ1) is 19.9. The molecule has 3 N–H and O–H groups in total. The highest BCUT2D eigenvalue weighted by molar-refractivity contribution is 6.00. The fourth-order valence-electron chi connectivity index (χ4n) is 3.83. The third kappa shape index (κ3) is 4.95. The lowest BCUT2D eigenvalue weighted by Gasteiger charge is -2.23. The third-order valence-corrected chi connectivity index (χ3v) is 5.37. The lowest BCUT2D eigenvalue weighted by atomic mass is 10.1. The number of imide groups is 1. The van der Waals surface area contributed by atoms with Gasteiger partial charge in [0.05, 0.1) is 19.3 Å². The second-order valence-electron chi connectivity index (χ2n) is 7.53. The Hall–Kier alpha value is -2.42. The molecule has 0 aliphatic carbocycles. The van der Waals surface area contributed by atoms with E-state index in [0.717, 1.165) is 49.1 Å². The Morgan fingerprint density at radius 3 is 3.03 bits per heavy atom. The van der Waals surface area contributed by atoms with Crippen LogP contribution in [0.4, 0.5) is 5.69 Å². The van der Waals surface area contributed by atoms with E-state index in [0.29, 0.717) is 26.1 Å². The molecule has 2 atom stereocenters. The fourth-order valence-corrected chi connectivity index (χ4v) is 3.83. The molecule has 2 saturated heterocycles. The summed E-state index contributed by atoms with van der Waals surface area (Å²) in [5.41, 5.74) is 1.04. The molecule has 4 rings (SSSR count). The van der Waals surface area contributed by atoms with E-state index in [9.17, 15) is 9.59 Å². The zero-order valence-electron chi connectivity index (χ0n) is 16.5. The van der Waals surface area contributed by atoms with Crippen molar-refractivity contribution >= 4 is 28.3 Å². The van der Waals surface area contributed by atoms with Crippen LogP contribution in [0.25, 0.3) is 10.8 Å². The molecule has 1 aromatic heterocycles. The maximum atomic E-state index is 12.2. The number of hydrogen-bond donors (Lipinski definition) is 3. The van der Waals surface area contributed by atoms with E-state index in [1.165, 1.54) is 0 Å². The second kappa shape index (κ2) is 9.39. The van der Waals surface area contributed by atoms with Crippen LogP contribution in [0.2, 0.25) is 0 Å². The lowest BCUT2D eigenvalue weighted by molar-refractivity contribution is -0.135. The van der Waals surface area contributed by atoms with Crippen molar-refractivity contribution in [2.24, 2.45) is 0 Å². The Bertz CT molecular complexity index is 859. The molecule has 8 heteroatoms. The van der Waals surface area contributed by atoms with Gasteiger partial charge in [0.1, 0.15) is 6.04 Å². The van der Waals surface area contributed by atoms with E-state index in [1.54, 1.807) is 0 Å². The highest BCUT2D eigenvalue weighted by atomic mass is 16.5. The SMILES string of the molecule is O=C1CCC(n2cc3cccc(NCCCOC[C@@H]4CNCCO4)c3c2)C(=O)N1. The van der Waals surface area contributed by atoms with Crippen LogP contribution in [-0.2, 0) is 19.1 Å². The highest BCUT2D eigenvalue weighted by Gasteiger charge is 2.27. The van der Waals surface area contributed by atoms with E-state index in [1.807, 2.05) is 35.2 Å². The van der Waals surface area contributed by atoms with Gasteiger partial charge in [0.25, 0.3) is 0 Å². The Morgan fingerprint density at radius 1 is 1.28 bits per heavy atom. The zero-order chi connectivity index (χ0) is 20.1. The molecule has 1 aromatic carbocycles. The molecule has 29 heavy (non-hydrogen) atoms. The first-order chi connectivity index (χ1) is 14.2. The predicted octanol–water partition coefficient (Wildman–Crippen LogP) is 1.43. The van der Waals surface area contributed by atoms with Gasteiger partial charge in [-0.1, -0.05) is 12.1 Å². The van der Waals surface area contributed by atoms with E-state index < -0.39 is 0 Å². The summed E-state index contributed by atoms with van der Waals surface area (Å²) in [6, 6.07) is 5.74. The number of amides is 2. The number of carbonyl (C=O) groups excluding carboxylic acids is 2. The number of carbonyl (C=O) groups is 2. The molecule has 0 bridgehead atoms. The lowest BCUT2D eigenvalue weighted by Crippen LogP contribution is -2.41. The predicted molar refractivity (Wildman–Crippen MR) is 110 cm³/mol. The standard InChI is InChI=1S/C21H28N4O4/c26-20-6-5-19(21(27)24-20)25-12-15-3-1-4-18(17(15)13-25)23-7-2-9-28-14-16-11-22-8-10-29-16/h1,3-4,12-13,16,19,22-23H,2,5-11,14H2,(H,24,26,27)/t16-,19?/m0/s1. The largest absolute Gasteiger partial charge is 0.384 e. The maximum absolute atomic E-state index is 12.2. The van der Waals surface area contributed by atoms with E-state index >= 15 is 0 Å². The highest BCUT2D eigenvalue weighted by Crippen LogP contribution is 2.28. The monoisotopic (exact) mass is 400 g/mol. The summed E-state index contributed by atoms with van der Waals surface area (Å²) in [5.74, 6) is -0.427. The fraction of sp³-hybridized carbons (Fsp3) is 0.524. The van der Waals surface area contributed by atoms with Gasteiger partial charge < -0.3 is 24.7 Å². The third-order valence-electron chi connectivity index (χ3n) is 5.37. The van der Waals surface area contributed by atoms with Gasteiger partial charge in [-0.2, -0.15) is 0 Å². The number of anilines is 1. The van der Waals surface area contributed by atoms with Crippen molar-refractivity contribution in [3.63, 3.8) is 0 Å². The van der Waals surface area contributed by atoms with Crippen molar-refractivity contribution in [1.29, 1.82) is 0 Å². The minimum Gasteiger partial charge on any atom is -0.384 e. The number of ether oxygens (including phenoxy) is 2. The Labute approximate surface area is 169 Å². The van der Waals surface area contributed by atoms with Crippen LogP contribution in [-0.4, -0.2) is 61.9 Å². The summed E-state index contributed by atoms with van der Waals surface area (Å²) >= 11 is 0. The van der Waals surface area contributed by atoms with Crippen LogP contribution in [0.5, 0.6) is 0 Å². The summed E-state index contributed by atoms with van der Waals surface area (Å²) in [6.45, 7) is 4.61. The summed E-state index contributed by atoms with van der Waals surface area (Å²) in [5, 5.41) is 11.3. The van der Waals surface area contributed by atoms with Gasteiger partial charge in [-0.25, -0.2) is 0 Å². The van der Waals surface area contributed by atoms with E-state index in [-0.39, 0.29) is 24.0 Å². The van der Waals surface area contributed by atoms with E-state index in [2.05, 4.69) is 16.0 Å². The Kier molecular flexibility index (Phi) is 6.43. The number of nitrogens with zero attached hydrogens (tertiary/aromatic N) is 1. The zero-order valence-corrected chi connectivity index (χ0v) is 16.5. The van der Waals surface area contributed by atoms with Crippen molar-refractivity contribution in [2.45, 2.75) is 31.4 Å². The number of aromatic nitrogens is 1. The second-order valence-corrected chi connectivity index (χ2v) is 7.53. The first-order valence-corrected chi connectivity index (χ1v) is 10.3. The molecule has 1 unspecified atom stereocenters. The van der Waals surface area contributed by atoms with Gasteiger partial charge in [-0.3, -0.25) is 14.9 Å². The summed E-state index contributed by atoms with van der Waals surface area (Å²) in [7, 11) is 0. The maximum Gasteiger partial charge on any atom is 0.249 e.